The molecule has 2 unspecified atom stereocenters. The predicted molar refractivity (Wildman–Crippen MR) is 140 cm³/mol. The zero-order valence-corrected chi connectivity index (χ0v) is 21.3. The van der Waals surface area contributed by atoms with Crippen molar-refractivity contribution in [1.82, 2.24) is 20.4 Å². The number of hydrogen-bond acceptors (Lipinski definition) is 3. The van der Waals surface area contributed by atoms with Gasteiger partial charge in [0.25, 0.3) is 0 Å². The molecular formula is C25H34IN5O. The van der Waals surface area contributed by atoms with Gasteiger partial charge >= 0.3 is 0 Å². The van der Waals surface area contributed by atoms with Crippen molar-refractivity contribution in [2.24, 2.45) is 4.99 Å². The molecular weight excluding hydrogens is 513 g/mol. The first-order valence-corrected chi connectivity index (χ1v) is 11.2. The summed E-state index contributed by atoms with van der Waals surface area (Å²) in [5.41, 5.74) is 3.95. The zero-order chi connectivity index (χ0) is 21.6. The van der Waals surface area contributed by atoms with Crippen molar-refractivity contribution in [2.75, 3.05) is 26.7 Å². The lowest BCUT2D eigenvalue weighted by molar-refractivity contribution is -0.130. The number of guanidine groups is 1. The maximum Gasteiger partial charge on any atom is 0.242 e. The molecule has 0 spiro atoms. The van der Waals surface area contributed by atoms with Crippen LogP contribution >= 0.6 is 24.0 Å². The fourth-order valence-electron chi connectivity index (χ4n) is 4.61. The number of benzene rings is 2. The van der Waals surface area contributed by atoms with Crippen LogP contribution in [0.1, 0.15) is 30.0 Å². The SMILES string of the molecule is CN=C(NCC(=O)N1CCc2ccccc2C1)NC1CC(C)N(Cc2ccccc2)C1.I. The van der Waals surface area contributed by atoms with Gasteiger partial charge in [-0.1, -0.05) is 54.6 Å². The molecule has 7 heteroatoms. The van der Waals surface area contributed by atoms with Crippen LogP contribution in [0.2, 0.25) is 0 Å². The Balaban J connectivity index is 0.00000289. The number of aliphatic imine (C=N–C) groups is 1. The quantitative estimate of drug-likeness (QED) is 0.344. The number of nitrogens with zero attached hydrogens (tertiary/aromatic N) is 3. The summed E-state index contributed by atoms with van der Waals surface area (Å²) < 4.78 is 0. The Bertz CT molecular complexity index is 920. The lowest BCUT2D eigenvalue weighted by Crippen LogP contribution is -2.48. The Morgan fingerprint density at radius 1 is 1.09 bits per heavy atom. The normalized spacial score (nSPS) is 20.9. The van der Waals surface area contributed by atoms with Gasteiger partial charge < -0.3 is 15.5 Å². The molecule has 2 atom stereocenters. The molecule has 2 N–H and O–H groups in total. The molecule has 4 rings (SSSR count). The molecule has 172 valence electrons. The van der Waals surface area contributed by atoms with E-state index in [4.69, 9.17) is 0 Å². The molecule has 1 saturated heterocycles. The maximum absolute atomic E-state index is 12.7. The lowest BCUT2D eigenvalue weighted by Gasteiger charge is -2.29. The van der Waals surface area contributed by atoms with Crippen LogP contribution in [0.4, 0.5) is 0 Å². The van der Waals surface area contributed by atoms with Crippen molar-refractivity contribution >= 4 is 35.8 Å². The van der Waals surface area contributed by atoms with Crippen LogP contribution in [0.15, 0.2) is 59.6 Å². The highest BCUT2D eigenvalue weighted by molar-refractivity contribution is 14.0. The second-order valence-electron chi connectivity index (χ2n) is 8.60. The van der Waals surface area contributed by atoms with E-state index < -0.39 is 0 Å². The molecule has 1 amide bonds. The Hall–Kier alpha value is -2.13. The standard InChI is InChI=1S/C25H33N5O.HI/c1-19-14-23(18-30(19)16-20-8-4-3-5-9-20)28-25(26-2)27-15-24(31)29-13-12-21-10-6-7-11-22(21)17-29;/h3-11,19,23H,12-18H2,1-2H3,(H2,26,27,28);1H. The number of likely N-dealkylation sites (tertiary alicyclic amines) is 1. The molecule has 2 aliphatic heterocycles. The van der Waals surface area contributed by atoms with Crippen LogP contribution in [0.5, 0.6) is 0 Å². The molecule has 2 aromatic rings. The van der Waals surface area contributed by atoms with Gasteiger partial charge in [0.05, 0.1) is 6.54 Å². The predicted octanol–water partition coefficient (Wildman–Crippen LogP) is 3.02. The molecule has 2 aromatic carbocycles. The van der Waals surface area contributed by atoms with Gasteiger partial charge in [-0.2, -0.15) is 0 Å². The van der Waals surface area contributed by atoms with E-state index in [1.807, 2.05) is 11.0 Å². The topological polar surface area (TPSA) is 60.0 Å². The lowest BCUT2D eigenvalue weighted by atomic mass is 10.00. The molecule has 1 fully saturated rings. The number of hydrogen-bond donors (Lipinski definition) is 2. The summed E-state index contributed by atoms with van der Waals surface area (Å²) in [4.78, 5) is 21.5. The minimum atomic E-state index is 0. The second kappa shape index (κ2) is 11.7. The smallest absolute Gasteiger partial charge is 0.242 e. The Morgan fingerprint density at radius 3 is 2.56 bits per heavy atom. The number of carbonyl (C=O) groups excluding carboxylic acids is 1. The van der Waals surface area contributed by atoms with Crippen molar-refractivity contribution in [3.05, 3.63) is 71.3 Å². The average Bonchev–Trinajstić information content (AvgIpc) is 3.15. The molecule has 2 heterocycles. The van der Waals surface area contributed by atoms with Crippen molar-refractivity contribution in [1.29, 1.82) is 0 Å². The van der Waals surface area contributed by atoms with Gasteiger partial charge in [-0.05, 0) is 36.5 Å². The minimum Gasteiger partial charge on any atom is -0.352 e. The molecule has 6 nitrogen and oxygen atoms in total. The third-order valence-electron chi connectivity index (χ3n) is 6.39. The van der Waals surface area contributed by atoms with Gasteiger partial charge in [-0.15, -0.1) is 24.0 Å². The van der Waals surface area contributed by atoms with Crippen LogP contribution < -0.4 is 10.6 Å². The van der Waals surface area contributed by atoms with Crippen LogP contribution in [0, 0.1) is 0 Å². The zero-order valence-electron chi connectivity index (χ0n) is 19.0. The third kappa shape index (κ3) is 6.22. The van der Waals surface area contributed by atoms with Crippen LogP contribution in [0.3, 0.4) is 0 Å². The van der Waals surface area contributed by atoms with Crippen molar-refractivity contribution < 1.29 is 4.79 Å². The summed E-state index contributed by atoms with van der Waals surface area (Å²) in [5.74, 6) is 0.812. The van der Waals surface area contributed by atoms with Crippen LogP contribution in [0.25, 0.3) is 0 Å². The van der Waals surface area contributed by atoms with E-state index in [1.54, 1.807) is 7.05 Å². The van der Waals surface area contributed by atoms with E-state index >= 15 is 0 Å². The van der Waals surface area contributed by atoms with Gasteiger partial charge in [-0.25, -0.2) is 0 Å². The Morgan fingerprint density at radius 2 is 1.81 bits per heavy atom. The molecule has 2 aliphatic rings. The van der Waals surface area contributed by atoms with Gasteiger partial charge in [0.2, 0.25) is 5.91 Å². The largest absolute Gasteiger partial charge is 0.352 e. The summed E-state index contributed by atoms with van der Waals surface area (Å²) in [5, 5.41) is 6.74. The van der Waals surface area contributed by atoms with Gasteiger partial charge in [0.1, 0.15) is 0 Å². The second-order valence-corrected chi connectivity index (χ2v) is 8.60. The summed E-state index contributed by atoms with van der Waals surface area (Å²) >= 11 is 0. The Kier molecular flexibility index (Phi) is 8.92. The average molecular weight is 547 g/mol. The molecule has 0 aliphatic carbocycles. The molecule has 32 heavy (non-hydrogen) atoms. The fourth-order valence-corrected chi connectivity index (χ4v) is 4.61. The summed E-state index contributed by atoms with van der Waals surface area (Å²) in [7, 11) is 1.76. The molecule has 0 saturated carbocycles. The number of rotatable bonds is 5. The van der Waals surface area contributed by atoms with Crippen molar-refractivity contribution in [3.63, 3.8) is 0 Å². The van der Waals surface area contributed by atoms with E-state index in [0.717, 1.165) is 32.5 Å². The first-order valence-electron chi connectivity index (χ1n) is 11.2. The van der Waals surface area contributed by atoms with E-state index in [0.29, 0.717) is 24.6 Å². The van der Waals surface area contributed by atoms with Gasteiger partial charge in [-0.3, -0.25) is 14.7 Å². The fraction of sp³-hybridized carbons (Fsp3) is 0.440. The van der Waals surface area contributed by atoms with E-state index in [1.165, 1.54) is 16.7 Å². The number of fused-ring (bicyclic) bond motifs is 1. The highest BCUT2D eigenvalue weighted by Crippen LogP contribution is 2.20. The summed E-state index contributed by atoms with van der Waals surface area (Å²) in [6.07, 6.45) is 1.98. The van der Waals surface area contributed by atoms with Gasteiger partial charge in [0.15, 0.2) is 5.96 Å². The maximum atomic E-state index is 12.7. The van der Waals surface area contributed by atoms with Crippen LogP contribution in [-0.4, -0.2) is 60.4 Å². The Labute approximate surface area is 208 Å². The van der Waals surface area contributed by atoms with E-state index in [-0.39, 0.29) is 36.4 Å². The van der Waals surface area contributed by atoms with Gasteiger partial charge in [0, 0.05) is 45.3 Å². The minimum absolute atomic E-state index is 0. The third-order valence-corrected chi connectivity index (χ3v) is 6.39. The first kappa shape index (κ1) is 24.5. The molecule has 0 aromatic heterocycles. The summed E-state index contributed by atoms with van der Waals surface area (Å²) in [6, 6.07) is 19.8. The highest BCUT2D eigenvalue weighted by Gasteiger charge is 2.29. The number of nitrogens with one attached hydrogen (secondary N) is 2. The monoisotopic (exact) mass is 547 g/mol. The molecule has 0 bridgehead atoms. The molecule has 0 radical (unpaired) electrons. The van der Waals surface area contributed by atoms with Crippen molar-refractivity contribution in [3.8, 4) is 0 Å². The highest BCUT2D eigenvalue weighted by atomic mass is 127. The van der Waals surface area contributed by atoms with Crippen molar-refractivity contribution in [2.45, 2.75) is 44.9 Å². The first-order chi connectivity index (χ1) is 15.1. The van der Waals surface area contributed by atoms with E-state index in [9.17, 15) is 4.79 Å². The number of halogens is 1. The number of carbonyl (C=O) groups is 1. The van der Waals surface area contributed by atoms with E-state index in [2.05, 4.69) is 76.0 Å². The number of amides is 1. The van der Waals surface area contributed by atoms with Crippen LogP contribution in [-0.2, 0) is 24.3 Å². The summed E-state index contributed by atoms with van der Waals surface area (Å²) in [6.45, 7) is 5.93.